The number of amides is 1. The summed E-state index contributed by atoms with van der Waals surface area (Å²) >= 11 is 0. The fourth-order valence-electron chi connectivity index (χ4n) is 3.27. The third-order valence-electron chi connectivity index (χ3n) is 4.53. The van der Waals surface area contributed by atoms with E-state index in [-0.39, 0.29) is 17.0 Å². The van der Waals surface area contributed by atoms with Gasteiger partial charge in [0, 0.05) is 12.2 Å². The van der Waals surface area contributed by atoms with E-state index in [1.807, 2.05) is 0 Å². The molecule has 1 aromatic heterocycles. The second-order valence-corrected chi connectivity index (χ2v) is 6.15. The van der Waals surface area contributed by atoms with Gasteiger partial charge in [-0.2, -0.15) is 0 Å². The van der Waals surface area contributed by atoms with E-state index in [1.54, 1.807) is 6.07 Å². The van der Waals surface area contributed by atoms with Crippen LogP contribution in [-0.2, 0) is 12.8 Å². The van der Waals surface area contributed by atoms with Crippen LogP contribution >= 0.6 is 0 Å². The van der Waals surface area contributed by atoms with Crippen molar-refractivity contribution in [1.29, 1.82) is 0 Å². The van der Waals surface area contributed by atoms with E-state index in [0.717, 1.165) is 62.9 Å². The highest BCUT2D eigenvalue weighted by molar-refractivity contribution is 5.94. The van der Waals surface area contributed by atoms with Crippen LogP contribution in [0.3, 0.4) is 0 Å². The zero-order valence-corrected chi connectivity index (χ0v) is 12.3. The molecule has 1 aliphatic heterocycles. The Balaban J connectivity index is 1.67. The number of pyridine rings is 1. The van der Waals surface area contributed by atoms with Crippen molar-refractivity contribution in [3.05, 3.63) is 33.2 Å². The maximum atomic E-state index is 12.2. The minimum absolute atomic E-state index is 0.241. The van der Waals surface area contributed by atoms with Gasteiger partial charge in [-0.25, -0.2) is 0 Å². The molecular formula is C16H23N3O2. The number of hydrogen-bond donors (Lipinski definition) is 3. The average Bonchev–Trinajstić information content (AvgIpc) is 2.53. The van der Waals surface area contributed by atoms with Crippen LogP contribution in [0.4, 0.5) is 0 Å². The Morgan fingerprint density at radius 2 is 2.14 bits per heavy atom. The zero-order valence-electron chi connectivity index (χ0n) is 12.3. The van der Waals surface area contributed by atoms with Crippen LogP contribution in [0.2, 0.25) is 0 Å². The Morgan fingerprint density at radius 3 is 2.95 bits per heavy atom. The van der Waals surface area contributed by atoms with Gasteiger partial charge in [-0.15, -0.1) is 0 Å². The van der Waals surface area contributed by atoms with Gasteiger partial charge in [0.1, 0.15) is 5.56 Å². The Morgan fingerprint density at radius 1 is 1.29 bits per heavy atom. The van der Waals surface area contributed by atoms with Gasteiger partial charge in [-0.1, -0.05) is 0 Å². The first-order valence-corrected chi connectivity index (χ1v) is 7.98. The van der Waals surface area contributed by atoms with E-state index >= 15 is 0 Å². The number of aromatic nitrogens is 1. The molecule has 3 rings (SSSR count). The molecule has 1 aliphatic carbocycles. The first-order valence-electron chi connectivity index (χ1n) is 7.98. The first-order chi connectivity index (χ1) is 10.2. The third kappa shape index (κ3) is 3.35. The van der Waals surface area contributed by atoms with Crippen LogP contribution < -0.4 is 16.2 Å². The highest BCUT2D eigenvalue weighted by Gasteiger charge is 2.19. The molecule has 0 spiro atoms. The van der Waals surface area contributed by atoms with Crippen molar-refractivity contribution in [2.45, 2.75) is 38.5 Å². The molecule has 1 atom stereocenters. The fraction of sp³-hybridized carbons (Fsp3) is 0.625. The molecule has 2 aliphatic rings. The van der Waals surface area contributed by atoms with Crippen molar-refractivity contribution < 1.29 is 4.79 Å². The minimum atomic E-state index is -0.255. The molecule has 5 nitrogen and oxygen atoms in total. The SMILES string of the molecule is O=C(NCC1CCCNC1)c1cc2c([nH]c1=O)CCCC2. The lowest BCUT2D eigenvalue weighted by Gasteiger charge is -2.23. The van der Waals surface area contributed by atoms with Crippen LogP contribution in [0.25, 0.3) is 0 Å². The fourth-order valence-corrected chi connectivity index (χ4v) is 3.27. The first kappa shape index (κ1) is 14.3. The predicted octanol–water partition coefficient (Wildman–Crippen LogP) is 0.983. The summed E-state index contributed by atoms with van der Waals surface area (Å²) in [7, 11) is 0. The van der Waals surface area contributed by atoms with Gasteiger partial charge in [0.15, 0.2) is 0 Å². The number of piperidine rings is 1. The summed E-state index contributed by atoms with van der Waals surface area (Å²) in [5.74, 6) is 0.231. The molecule has 2 heterocycles. The molecule has 1 unspecified atom stereocenters. The standard InChI is InChI=1S/C16H23N3O2/c20-15(18-10-11-4-3-7-17-9-11)13-8-12-5-1-2-6-14(12)19-16(13)21/h8,11,17H,1-7,9-10H2,(H,18,20)(H,19,21). The topological polar surface area (TPSA) is 74.0 Å². The summed E-state index contributed by atoms with van der Waals surface area (Å²) < 4.78 is 0. The lowest BCUT2D eigenvalue weighted by molar-refractivity contribution is 0.0943. The summed E-state index contributed by atoms with van der Waals surface area (Å²) in [5.41, 5.74) is 2.15. The van der Waals surface area contributed by atoms with Crippen molar-refractivity contribution >= 4 is 5.91 Å². The second kappa shape index (κ2) is 6.43. The van der Waals surface area contributed by atoms with Gasteiger partial charge >= 0.3 is 0 Å². The largest absolute Gasteiger partial charge is 0.352 e. The van der Waals surface area contributed by atoms with Gasteiger partial charge in [-0.05, 0) is 69.2 Å². The third-order valence-corrected chi connectivity index (χ3v) is 4.53. The molecule has 1 amide bonds. The highest BCUT2D eigenvalue weighted by atomic mass is 16.2. The van der Waals surface area contributed by atoms with Crippen molar-refractivity contribution in [3.63, 3.8) is 0 Å². The quantitative estimate of drug-likeness (QED) is 0.776. The van der Waals surface area contributed by atoms with Crippen molar-refractivity contribution in [2.24, 2.45) is 5.92 Å². The summed E-state index contributed by atoms with van der Waals surface area (Å²) in [6.45, 7) is 2.65. The van der Waals surface area contributed by atoms with Gasteiger partial charge < -0.3 is 15.6 Å². The number of nitrogens with one attached hydrogen (secondary N) is 3. The molecule has 1 aromatic rings. The number of H-pyrrole nitrogens is 1. The Labute approximate surface area is 124 Å². The Bertz CT molecular complexity index is 573. The molecule has 1 saturated heterocycles. The number of rotatable bonds is 3. The second-order valence-electron chi connectivity index (χ2n) is 6.15. The van der Waals surface area contributed by atoms with E-state index < -0.39 is 0 Å². The minimum Gasteiger partial charge on any atom is -0.352 e. The Kier molecular flexibility index (Phi) is 4.39. The molecule has 0 radical (unpaired) electrons. The van der Waals surface area contributed by atoms with Crippen molar-refractivity contribution in [1.82, 2.24) is 15.6 Å². The van der Waals surface area contributed by atoms with E-state index in [0.29, 0.717) is 12.5 Å². The number of hydrogen-bond acceptors (Lipinski definition) is 3. The molecule has 21 heavy (non-hydrogen) atoms. The lowest BCUT2D eigenvalue weighted by atomic mass is 9.95. The number of aromatic amines is 1. The van der Waals surface area contributed by atoms with E-state index in [4.69, 9.17) is 0 Å². The van der Waals surface area contributed by atoms with Gasteiger partial charge in [0.25, 0.3) is 11.5 Å². The number of fused-ring (bicyclic) bond motifs is 1. The summed E-state index contributed by atoms with van der Waals surface area (Å²) in [4.78, 5) is 27.2. The van der Waals surface area contributed by atoms with Gasteiger partial charge in [0.2, 0.25) is 0 Å². The lowest BCUT2D eigenvalue weighted by Crippen LogP contribution is -2.39. The molecule has 3 N–H and O–H groups in total. The molecule has 0 aromatic carbocycles. The predicted molar refractivity (Wildman–Crippen MR) is 81.6 cm³/mol. The molecule has 114 valence electrons. The van der Waals surface area contributed by atoms with Crippen molar-refractivity contribution in [3.8, 4) is 0 Å². The number of aryl methyl sites for hydroxylation is 2. The van der Waals surface area contributed by atoms with Gasteiger partial charge in [-0.3, -0.25) is 9.59 Å². The van der Waals surface area contributed by atoms with Crippen LogP contribution in [-0.4, -0.2) is 30.5 Å². The highest BCUT2D eigenvalue weighted by Crippen LogP contribution is 2.18. The molecule has 0 saturated carbocycles. The van der Waals surface area contributed by atoms with E-state index in [2.05, 4.69) is 15.6 Å². The zero-order chi connectivity index (χ0) is 14.7. The number of carbonyl (C=O) groups excluding carboxylic acids is 1. The van der Waals surface area contributed by atoms with Crippen LogP contribution in [0.5, 0.6) is 0 Å². The molecule has 5 heteroatoms. The van der Waals surface area contributed by atoms with E-state index in [1.165, 1.54) is 0 Å². The van der Waals surface area contributed by atoms with Gasteiger partial charge in [0.05, 0.1) is 0 Å². The van der Waals surface area contributed by atoms with Crippen LogP contribution in [0, 0.1) is 5.92 Å². The van der Waals surface area contributed by atoms with Crippen LogP contribution in [0.1, 0.15) is 47.3 Å². The summed E-state index contributed by atoms with van der Waals surface area (Å²) in [5, 5.41) is 6.25. The monoisotopic (exact) mass is 289 g/mol. The number of carbonyl (C=O) groups is 1. The molecule has 1 fully saturated rings. The van der Waals surface area contributed by atoms with Crippen molar-refractivity contribution in [2.75, 3.05) is 19.6 Å². The summed E-state index contributed by atoms with van der Waals surface area (Å²) in [6.07, 6.45) is 6.41. The normalized spacial score (nSPS) is 21.6. The average molecular weight is 289 g/mol. The van der Waals surface area contributed by atoms with Crippen LogP contribution in [0.15, 0.2) is 10.9 Å². The Hall–Kier alpha value is -1.62. The maximum absolute atomic E-state index is 12.2. The summed E-state index contributed by atoms with van der Waals surface area (Å²) in [6, 6.07) is 1.79. The smallest absolute Gasteiger partial charge is 0.261 e. The molecular weight excluding hydrogens is 266 g/mol. The maximum Gasteiger partial charge on any atom is 0.261 e. The van der Waals surface area contributed by atoms with E-state index in [9.17, 15) is 9.59 Å². The molecule has 0 bridgehead atoms.